The summed E-state index contributed by atoms with van der Waals surface area (Å²) in [5.74, 6) is 0. The molecule has 1 saturated heterocycles. The van der Waals surface area contributed by atoms with Crippen LogP contribution in [0.1, 0.15) is 31.4 Å². The van der Waals surface area contributed by atoms with Crippen molar-refractivity contribution in [3.05, 3.63) is 35.9 Å². The van der Waals surface area contributed by atoms with Gasteiger partial charge in [0, 0.05) is 18.1 Å². The first-order valence-electron chi connectivity index (χ1n) is 6.49. The number of rotatable bonds is 4. The van der Waals surface area contributed by atoms with Gasteiger partial charge in [0.15, 0.2) is 0 Å². The highest BCUT2D eigenvalue weighted by molar-refractivity contribution is 5.19. The first-order chi connectivity index (χ1) is 8.26. The highest BCUT2D eigenvalue weighted by atomic mass is 15.1. The minimum atomic E-state index is 0.112. The van der Waals surface area contributed by atoms with Crippen molar-refractivity contribution in [2.45, 2.75) is 31.3 Å². The average Bonchev–Trinajstić information content (AvgIpc) is 2.41. The third kappa shape index (κ3) is 3.06. The number of hydrogen-bond acceptors (Lipinski definition) is 3. The zero-order valence-electron chi connectivity index (χ0n) is 10.6. The summed E-state index contributed by atoms with van der Waals surface area (Å²) in [4.78, 5) is 0. The maximum atomic E-state index is 5.97. The van der Waals surface area contributed by atoms with Gasteiger partial charge in [0.1, 0.15) is 0 Å². The minimum Gasteiger partial charge on any atom is -0.329 e. The van der Waals surface area contributed by atoms with Crippen LogP contribution in [0.15, 0.2) is 30.3 Å². The van der Waals surface area contributed by atoms with Crippen LogP contribution in [0, 0.1) is 0 Å². The first-order valence-corrected chi connectivity index (χ1v) is 6.49. The van der Waals surface area contributed by atoms with Gasteiger partial charge >= 0.3 is 0 Å². The lowest BCUT2D eigenvalue weighted by Gasteiger charge is -2.40. The molecular formula is C14H23N3. The molecule has 17 heavy (non-hydrogen) atoms. The normalized spacial score (nSPS) is 21.1. The summed E-state index contributed by atoms with van der Waals surface area (Å²) in [6.45, 7) is 5.05. The molecule has 0 amide bonds. The molecule has 3 heteroatoms. The van der Waals surface area contributed by atoms with Gasteiger partial charge in [-0.05, 0) is 38.4 Å². The Kier molecular flexibility index (Phi) is 4.15. The van der Waals surface area contributed by atoms with Gasteiger partial charge in [-0.1, -0.05) is 30.3 Å². The summed E-state index contributed by atoms with van der Waals surface area (Å²) >= 11 is 0. The summed E-state index contributed by atoms with van der Waals surface area (Å²) in [5.41, 5.74) is 7.42. The molecule has 1 fully saturated rings. The van der Waals surface area contributed by atoms with E-state index in [0.29, 0.717) is 12.6 Å². The van der Waals surface area contributed by atoms with E-state index >= 15 is 0 Å². The van der Waals surface area contributed by atoms with Crippen LogP contribution >= 0.6 is 0 Å². The molecule has 0 bridgehead atoms. The summed E-state index contributed by atoms with van der Waals surface area (Å²) in [5, 5.41) is 7.12. The smallest absolute Gasteiger partial charge is 0.0333 e. The third-order valence-electron chi connectivity index (χ3n) is 3.77. The van der Waals surface area contributed by atoms with Crippen molar-refractivity contribution >= 4 is 0 Å². The van der Waals surface area contributed by atoms with Gasteiger partial charge in [0.05, 0.1) is 0 Å². The number of benzene rings is 1. The van der Waals surface area contributed by atoms with Crippen LogP contribution in [-0.2, 0) is 0 Å². The molecule has 2 rings (SSSR count). The van der Waals surface area contributed by atoms with Crippen LogP contribution in [-0.4, -0.2) is 25.2 Å². The van der Waals surface area contributed by atoms with Crippen LogP contribution < -0.4 is 16.4 Å². The maximum absolute atomic E-state index is 5.97. The molecule has 1 aromatic rings. The first kappa shape index (κ1) is 12.6. The zero-order chi connectivity index (χ0) is 12.1. The van der Waals surface area contributed by atoms with Crippen molar-refractivity contribution in [2.24, 2.45) is 5.73 Å². The van der Waals surface area contributed by atoms with Crippen molar-refractivity contribution in [1.29, 1.82) is 0 Å². The quantitative estimate of drug-likeness (QED) is 0.737. The summed E-state index contributed by atoms with van der Waals surface area (Å²) in [7, 11) is 0. The van der Waals surface area contributed by atoms with E-state index in [2.05, 4.69) is 47.9 Å². The molecule has 0 aliphatic carbocycles. The molecule has 1 heterocycles. The number of nitrogens with two attached hydrogens (primary N) is 1. The average molecular weight is 233 g/mol. The topological polar surface area (TPSA) is 50.1 Å². The molecule has 0 radical (unpaired) electrons. The third-order valence-corrected chi connectivity index (χ3v) is 3.77. The van der Waals surface area contributed by atoms with Gasteiger partial charge in [-0.3, -0.25) is 0 Å². The molecule has 1 aliphatic rings. The van der Waals surface area contributed by atoms with E-state index in [-0.39, 0.29) is 5.54 Å². The standard InChI is InChI=1S/C14H23N3/c1-12(13-5-3-2-4-6-13)17-14(11-15)7-9-16-10-8-14/h2-6,12,16-17H,7-11,15H2,1H3. The van der Waals surface area contributed by atoms with Gasteiger partial charge in [-0.2, -0.15) is 0 Å². The van der Waals surface area contributed by atoms with Crippen LogP contribution in [0.4, 0.5) is 0 Å². The van der Waals surface area contributed by atoms with Crippen molar-refractivity contribution in [3.8, 4) is 0 Å². The van der Waals surface area contributed by atoms with Crippen molar-refractivity contribution < 1.29 is 0 Å². The molecule has 4 N–H and O–H groups in total. The molecule has 0 saturated carbocycles. The molecule has 1 unspecified atom stereocenters. The monoisotopic (exact) mass is 233 g/mol. The van der Waals surface area contributed by atoms with E-state index in [4.69, 9.17) is 5.73 Å². The van der Waals surface area contributed by atoms with E-state index < -0.39 is 0 Å². The summed E-state index contributed by atoms with van der Waals surface area (Å²) in [6.07, 6.45) is 2.22. The molecular weight excluding hydrogens is 210 g/mol. The predicted molar refractivity (Wildman–Crippen MR) is 71.9 cm³/mol. The van der Waals surface area contributed by atoms with Crippen molar-refractivity contribution in [1.82, 2.24) is 10.6 Å². The molecule has 0 spiro atoms. The largest absolute Gasteiger partial charge is 0.329 e. The lowest BCUT2D eigenvalue weighted by molar-refractivity contribution is 0.229. The van der Waals surface area contributed by atoms with Gasteiger partial charge in [0.25, 0.3) is 0 Å². The SMILES string of the molecule is CC(NC1(CN)CCNCC1)c1ccccc1. The van der Waals surface area contributed by atoms with Crippen molar-refractivity contribution in [2.75, 3.05) is 19.6 Å². The van der Waals surface area contributed by atoms with E-state index in [1.165, 1.54) is 5.56 Å². The highest BCUT2D eigenvalue weighted by Crippen LogP contribution is 2.22. The Labute approximate surface area is 104 Å². The molecule has 1 atom stereocenters. The Hall–Kier alpha value is -0.900. The van der Waals surface area contributed by atoms with Crippen LogP contribution in [0.2, 0.25) is 0 Å². The molecule has 1 aliphatic heterocycles. The fraction of sp³-hybridized carbons (Fsp3) is 0.571. The highest BCUT2D eigenvalue weighted by Gasteiger charge is 2.31. The van der Waals surface area contributed by atoms with Gasteiger partial charge in [-0.25, -0.2) is 0 Å². The molecule has 94 valence electrons. The van der Waals surface area contributed by atoms with Crippen molar-refractivity contribution in [3.63, 3.8) is 0 Å². The van der Waals surface area contributed by atoms with Gasteiger partial charge in [-0.15, -0.1) is 0 Å². The Bertz CT molecular complexity index is 331. The summed E-state index contributed by atoms with van der Waals surface area (Å²) in [6, 6.07) is 10.9. The second-order valence-electron chi connectivity index (χ2n) is 5.01. The van der Waals surface area contributed by atoms with E-state index in [1.807, 2.05) is 0 Å². The van der Waals surface area contributed by atoms with Crippen LogP contribution in [0.3, 0.4) is 0 Å². The maximum Gasteiger partial charge on any atom is 0.0333 e. The fourth-order valence-corrected chi connectivity index (χ4v) is 2.60. The Morgan fingerprint density at radius 3 is 2.53 bits per heavy atom. The summed E-state index contributed by atoms with van der Waals surface area (Å²) < 4.78 is 0. The Balaban J connectivity index is 2.03. The fourth-order valence-electron chi connectivity index (χ4n) is 2.60. The van der Waals surface area contributed by atoms with E-state index in [9.17, 15) is 0 Å². The predicted octanol–water partition coefficient (Wildman–Crippen LogP) is 1.42. The number of hydrogen-bond donors (Lipinski definition) is 3. The van der Waals surface area contributed by atoms with E-state index in [0.717, 1.165) is 25.9 Å². The van der Waals surface area contributed by atoms with Gasteiger partial charge < -0.3 is 16.4 Å². The zero-order valence-corrected chi connectivity index (χ0v) is 10.6. The number of piperidine rings is 1. The molecule has 0 aromatic heterocycles. The Morgan fingerprint density at radius 2 is 1.94 bits per heavy atom. The van der Waals surface area contributed by atoms with Gasteiger partial charge in [0.2, 0.25) is 0 Å². The second-order valence-corrected chi connectivity index (χ2v) is 5.01. The van der Waals surface area contributed by atoms with Crippen LogP contribution in [0.5, 0.6) is 0 Å². The Morgan fingerprint density at radius 1 is 1.29 bits per heavy atom. The number of nitrogens with one attached hydrogen (secondary N) is 2. The lowest BCUT2D eigenvalue weighted by Crippen LogP contribution is -2.57. The second kappa shape index (κ2) is 5.63. The van der Waals surface area contributed by atoms with Crippen LogP contribution in [0.25, 0.3) is 0 Å². The lowest BCUT2D eigenvalue weighted by atomic mass is 9.87. The molecule has 3 nitrogen and oxygen atoms in total. The van der Waals surface area contributed by atoms with E-state index in [1.54, 1.807) is 0 Å². The molecule has 1 aromatic carbocycles. The minimum absolute atomic E-state index is 0.112.